The van der Waals surface area contributed by atoms with E-state index in [4.69, 9.17) is 0 Å². The van der Waals surface area contributed by atoms with Crippen LogP contribution in [-0.4, -0.2) is 35.0 Å². The van der Waals surface area contributed by atoms with Gasteiger partial charge in [-0.15, -0.1) is 0 Å². The van der Waals surface area contributed by atoms with Crippen LogP contribution in [0.4, 0.5) is 22.7 Å². The van der Waals surface area contributed by atoms with Crippen LogP contribution in [0.1, 0.15) is 5.56 Å². The van der Waals surface area contributed by atoms with Gasteiger partial charge in [0.1, 0.15) is 16.3 Å². The van der Waals surface area contributed by atoms with Crippen LogP contribution < -0.4 is 4.90 Å². The molecule has 41 heavy (non-hydrogen) atoms. The van der Waals surface area contributed by atoms with Gasteiger partial charge in [0.2, 0.25) is 11.3 Å². The number of amides is 1. The van der Waals surface area contributed by atoms with E-state index in [-0.39, 0.29) is 11.0 Å². The molecule has 2 aliphatic heterocycles. The van der Waals surface area contributed by atoms with E-state index in [1.165, 1.54) is 5.01 Å². The topological polar surface area (TPSA) is 102 Å². The zero-order valence-corrected chi connectivity index (χ0v) is 22.7. The molecule has 200 valence electrons. The largest absolute Gasteiger partial charge is 0.304 e. The van der Waals surface area contributed by atoms with E-state index >= 15 is 0 Å². The lowest BCUT2D eigenvalue weighted by Gasteiger charge is -2.23. The van der Waals surface area contributed by atoms with E-state index in [1.807, 2.05) is 103 Å². The molecule has 4 aromatic carbocycles. The number of hydrogen-bond donors (Lipinski definition) is 0. The molecule has 2 aliphatic rings. The molecule has 0 saturated carbocycles. The molecule has 9 nitrogen and oxygen atoms in total. The van der Waals surface area contributed by atoms with Gasteiger partial charge in [0.15, 0.2) is 0 Å². The predicted octanol–water partition coefficient (Wildman–Crippen LogP) is 7.38. The summed E-state index contributed by atoms with van der Waals surface area (Å²) in [5, 5.41) is 23.4. The Kier molecular flexibility index (Phi) is 7.29. The van der Waals surface area contributed by atoms with Crippen molar-refractivity contribution in [3.05, 3.63) is 131 Å². The van der Waals surface area contributed by atoms with E-state index in [0.717, 1.165) is 23.0 Å². The van der Waals surface area contributed by atoms with Crippen molar-refractivity contribution in [2.45, 2.75) is 6.17 Å². The van der Waals surface area contributed by atoms with Crippen LogP contribution in [0.3, 0.4) is 0 Å². The summed E-state index contributed by atoms with van der Waals surface area (Å²) in [5.41, 5.74) is 4.24. The van der Waals surface area contributed by atoms with Gasteiger partial charge in [-0.05, 0) is 60.3 Å². The molecule has 0 radical (unpaired) electrons. The van der Waals surface area contributed by atoms with E-state index in [1.54, 1.807) is 24.1 Å². The minimum Gasteiger partial charge on any atom is -0.304 e. The fraction of sp³-hybridized carbons (Fsp3) is 0.0645. The molecule has 0 bridgehead atoms. The first-order chi connectivity index (χ1) is 20.1. The zero-order chi connectivity index (χ0) is 28.2. The van der Waals surface area contributed by atoms with Crippen molar-refractivity contribution in [1.82, 2.24) is 5.01 Å². The lowest BCUT2D eigenvalue weighted by molar-refractivity contribution is -0.124. The summed E-state index contributed by atoms with van der Waals surface area (Å²) in [6.07, 6.45) is -0.991. The van der Waals surface area contributed by atoms with Gasteiger partial charge in [-0.3, -0.25) is 9.59 Å². The molecule has 1 amide bonds. The second-order valence-electron chi connectivity index (χ2n) is 9.09. The number of carbonyl (C=O) groups excluding carboxylic acids is 2. The highest BCUT2D eigenvalue weighted by molar-refractivity contribution is 8.17. The molecular formula is C31H23N7O2S. The molecule has 2 heterocycles. The van der Waals surface area contributed by atoms with Gasteiger partial charge in [-0.2, -0.15) is 25.6 Å². The fourth-order valence-corrected chi connectivity index (χ4v) is 5.39. The number of rotatable bonds is 6. The summed E-state index contributed by atoms with van der Waals surface area (Å²) >= 11 is 0.968. The Morgan fingerprint density at radius 2 is 1.22 bits per heavy atom. The maximum Gasteiger partial charge on any atom is 0.278 e. The number of hydrazone groups is 1. The number of thioether (sulfide) groups is 1. The van der Waals surface area contributed by atoms with Crippen LogP contribution in [0.15, 0.2) is 151 Å². The standard InChI is InChI=1S/C31H23N7O2S/c1-37-29(39)26(27(36-37)21-11-5-2-6-12-21)30-38(28(31(40)41-30)35-34-23-15-9-4-10-16-23)25-19-17-24(18-20-25)33-32-22-13-7-3-8-14-22/h2-20,28H,1H3/b30-26-,33-32?,35-34?. The van der Waals surface area contributed by atoms with Gasteiger partial charge in [0.05, 0.1) is 17.1 Å². The van der Waals surface area contributed by atoms with Crippen LogP contribution >= 0.6 is 11.8 Å². The Bertz CT molecular complexity index is 1700. The predicted molar refractivity (Wildman–Crippen MR) is 160 cm³/mol. The molecule has 1 saturated heterocycles. The Morgan fingerprint density at radius 1 is 0.683 bits per heavy atom. The maximum absolute atomic E-state index is 13.4. The highest BCUT2D eigenvalue weighted by Gasteiger charge is 2.44. The average molecular weight is 558 g/mol. The number of anilines is 1. The lowest BCUT2D eigenvalue weighted by Crippen LogP contribution is -2.32. The third-order valence-electron chi connectivity index (χ3n) is 6.33. The lowest BCUT2D eigenvalue weighted by atomic mass is 10.0. The molecule has 0 aromatic heterocycles. The SMILES string of the molecule is CN1N=C(c2ccccc2)/C(=C2/SC(=O)C(N=Nc3ccccc3)N2c2ccc(N=Nc3ccccc3)cc2)C1=O. The van der Waals surface area contributed by atoms with Gasteiger partial charge in [-0.1, -0.05) is 66.7 Å². The number of carbonyl (C=O) groups is 2. The number of nitrogens with zero attached hydrogens (tertiary/aromatic N) is 7. The molecular weight excluding hydrogens is 534 g/mol. The Labute approximate surface area is 240 Å². The summed E-state index contributed by atoms with van der Waals surface area (Å²) < 4.78 is 0. The van der Waals surface area contributed by atoms with E-state index in [0.29, 0.717) is 33.4 Å². The average Bonchev–Trinajstić information content (AvgIpc) is 3.51. The molecule has 4 aromatic rings. The monoisotopic (exact) mass is 557 g/mol. The summed E-state index contributed by atoms with van der Waals surface area (Å²) in [5.74, 6) is -0.307. The Balaban J connectivity index is 1.43. The molecule has 1 unspecified atom stereocenters. The highest BCUT2D eigenvalue weighted by Crippen LogP contribution is 2.43. The molecule has 6 rings (SSSR count). The third kappa shape index (κ3) is 5.45. The Hall–Kier alpha value is -5.22. The minimum absolute atomic E-state index is 0.255. The van der Waals surface area contributed by atoms with Crippen molar-refractivity contribution in [2.75, 3.05) is 11.9 Å². The van der Waals surface area contributed by atoms with Gasteiger partial charge in [0.25, 0.3) is 5.91 Å². The van der Waals surface area contributed by atoms with Crippen LogP contribution in [0.5, 0.6) is 0 Å². The molecule has 1 atom stereocenters. The maximum atomic E-state index is 13.4. The Morgan fingerprint density at radius 3 is 1.83 bits per heavy atom. The first-order valence-corrected chi connectivity index (χ1v) is 13.6. The van der Waals surface area contributed by atoms with Gasteiger partial charge in [0, 0.05) is 18.3 Å². The summed E-state index contributed by atoms with van der Waals surface area (Å²) in [6, 6.07) is 35.3. The first-order valence-electron chi connectivity index (χ1n) is 12.8. The first kappa shape index (κ1) is 26.0. The number of benzene rings is 4. The van der Waals surface area contributed by atoms with Gasteiger partial charge < -0.3 is 4.90 Å². The van der Waals surface area contributed by atoms with Crippen LogP contribution in [-0.2, 0) is 9.59 Å². The van der Waals surface area contributed by atoms with Gasteiger partial charge in [-0.25, -0.2) is 5.01 Å². The highest BCUT2D eigenvalue weighted by atomic mass is 32.2. The van der Waals surface area contributed by atoms with Crippen LogP contribution in [0.2, 0.25) is 0 Å². The third-order valence-corrected chi connectivity index (χ3v) is 7.34. The second-order valence-corrected chi connectivity index (χ2v) is 10.1. The molecule has 0 aliphatic carbocycles. The molecule has 10 heteroatoms. The van der Waals surface area contributed by atoms with Gasteiger partial charge >= 0.3 is 0 Å². The van der Waals surface area contributed by atoms with Crippen LogP contribution in [0.25, 0.3) is 0 Å². The summed E-state index contributed by atoms with van der Waals surface area (Å²) in [6.45, 7) is 0. The second kappa shape index (κ2) is 11.5. The van der Waals surface area contributed by atoms with E-state index in [2.05, 4.69) is 25.6 Å². The minimum atomic E-state index is -0.991. The number of azo groups is 2. The summed E-state index contributed by atoms with van der Waals surface area (Å²) in [4.78, 5) is 28.6. The number of hydrogen-bond acceptors (Lipinski definition) is 9. The van der Waals surface area contributed by atoms with Crippen LogP contribution in [0, 0.1) is 0 Å². The van der Waals surface area contributed by atoms with Crippen molar-refractivity contribution in [1.29, 1.82) is 0 Å². The number of likely N-dealkylation sites (N-methyl/N-ethyl adjacent to an activating group) is 1. The van der Waals surface area contributed by atoms with Crippen molar-refractivity contribution in [3.8, 4) is 0 Å². The molecule has 0 N–H and O–H groups in total. The molecule has 0 spiro atoms. The van der Waals surface area contributed by atoms with Crippen molar-refractivity contribution in [3.63, 3.8) is 0 Å². The van der Waals surface area contributed by atoms with Crippen molar-refractivity contribution < 1.29 is 9.59 Å². The van der Waals surface area contributed by atoms with E-state index in [9.17, 15) is 9.59 Å². The smallest absolute Gasteiger partial charge is 0.278 e. The quantitative estimate of drug-likeness (QED) is 0.182. The van der Waals surface area contributed by atoms with Crippen molar-refractivity contribution in [2.24, 2.45) is 25.6 Å². The summed E-state index contributed by atoms with van der Waals surface area (Å²) in [7, 11) is 1.60. The zero-order valence-electron chi connectivity index (χ0n) is 21.9. The van der Waals surface area contributed by atoms with E-state index < -0.39 is 6.17 Å². The van der Waals surface area contributed by atoms with Crippen molar-refractivity contribution >= 4 is 51.2 Å². The normalized spacial score (nSPS) is 19.1. The fourth-order valence-electron chi connectivity index (χ4n) is 4.35. The molecule has 1 fully saturated rings.